The molecule has 0 heterocycles. The van der Waals surface area contributed by atoms with Crippen LogP contribution in [0.4, 0.5) is 0 Å². The van der Waals surface area contributed by atoms with Crippen molar-refractivity contribution in [1.82, 2.24) is 0 Å². The Hall–Kier alpha value is -1.98. The minimum atomic E-state index is -0.814. The molecule has 0 bridgehead atoms. The van der Waals surface area contributed by atoms with Crippen LogP contribution < -0.4 is 4.74 Å². The van der Waals surface area contributed by atoms with Gasteiger partial charge in [0.25, 0.3) is 0 Å². The van der Waals surface area contributed by atoms with Gasteiger partial charge < -0.3 is 14.6 Å². The van der Waals surface area contributed by atoms with Crippen LogP contribution in [-0.2, 0) is 29.0 Å². The molecular weight excluding hydrogens is 348 g/mol. The van der Waals surface area contributed by atoms with Crippen LogP contribution in [0.3, 0.4) is 0 Å². The summed E-state index contributed by atoms with van der Waals surface area (Å²) < 4.78 is 11.6. The Kier molecular flexibility index (Phi) is 6.58. The van der Waals surface area contributed by atoms with Crippen LogP contribution >= 0.6 is 11.8 Å². The second-order valence-electron chi connectivity index (χ2n) is 6.45. The van der Waals surface area contributed by atoms with Crippen LogP contribution in [0.15, 0.2) is 47.4 Å². The van der Waals surface area contributed by atoms with Crippen molar-refractivity contribution < 1.29 is 19.4 Å². The van der Waals surface area contributed by atoms with E-state index in [2.05, 4.69) is 42.7 Å². The lowest BCUT2D eigenvalue weighted by molar-refractivity contribution is -0.138. The normalized spacial score (nSPS) is 16.1. The van der Waals surface area contributed by atoms with E-state index in [4.69, 9.17) is 14.6 Å². The lowest BCUT2D eigenvalue weighted by Crippen LogP contribution is -2.23. The molecule has 0 aromatic heterocycles. The maximum absolute atomic E-state index is 10.6. The molecule has 0 saturated heterocycles. The summed E-state index contributed by atoms with van der Waals surface area (Å²) in [4.78, 5) is 11.8. The van der Waals surface area contributed by atoms with Crippen molar-refractivity contribution in [3.63, 3.8) is 0 Å². The van der Waals surface area contributed by atoms with Crippen molar-refractivity contribution in [2.75, 3.05) is 12.9 Å². The monoisotopic (exact) mass is 372 g/mol. The Morgan fingerprint density at radius 3 is 2.73 bits per heavy atom. The van der Waals surface area contributed by atoms with Crippen molar-refractivity contribution in [1.29, 1.82) is 0 Å². The van der Waals surface area contributed by atoms with Crippen molar-refractivity contribution in [3.05, 3.63) is 59.2 Å². The summed E-state index contributed by atoms with van der Waals surface area (Å²) in [7, 11) is 0. The third-order valence-corrected chi connectivity index (χ3v) is 5.34. The molecule has 26 heavy (non-hydrogen) atoms. The second-order valence-corrected chi connectivity index (χ2v) is 7.33. The molecule has 1 aliphatic carbocycles. The molecule has 0 fully saturated rings. The first kappa shape index (κ1) is 18.8. The molecule has 1 aliphatic rings. The van der Waals surface area contributed by atoms with E-state index in [0.717, 1.165) is 30.6 Å². The van der Waals surface area contributed by atoms with Crippen molar-refractivity contribution >= 4 is 17.7 Å². The van der Waals surface area contributed by atoms with Gasteiger partial charge in [0.2, 0.25) is 0 Å². The number of aliphatic carboxylic acids is 1. The predicted octanol–water partition coefficient (Wildman–Crippen LogP) is 4.34. The summed E-state index contributed by atoms with van der Waals surface area (Å²) in [6.45, 7) is 0.847. The summed E-state index contributed by atoms with van der Waals surface area (Å²) in [6.07, 6.45) is 4.95. The van der Waals surface area contributed by atoms with Gasteiger partial charge in [0, 0.05) is 4.90 Å². The van der Waals surface area contributed by atoms with Gasteiger partial charge in [-0.3, -0.25) is 4.79 Å². The Morgan fingerprint density at radius 2 is 2.00 bits per heavy atom. The predicted molar refractivity (Wildman–Crippen MR) is 103 cm³/mol. The SMILES string of the molecule is CSc1ccc(COc2ccc3c(c2)CCC(OCCC(=O)O)C3)cc1. The molecule has 0 saturated carbocycles. The number of carboxylic acid groups (broad SMARTS) is 1. The van der Waals surface area contributed by atoms with Crippen LogP contribution in [0.1, 0.15) is 29.5 Å². The maximum Gasteiger partial charge on any atom is 0.305 e. The molecule has 4 nitrogen and oxygen atoms in total. The first-order valence-electron chi connectivity index (χ1n) is 8.85. The van der Waals surface area contributed by atoms with Gasteiger partial charge in [0.1, 0.15) is 12.4 Å². The first-order valence-corrected chi connectivity index (χ1v) is 10.1. The molecule has 3 rings (SSSR count). The van der Waals surface area contributed by atoms with E-state index in [9.17, 15) is 4.79 Å². The van der Waals surface area contributed by atoms with Gasteiger partial charge in [0.05, 0.1) is 19.1 Å². The first-order chi connectivity index (χ1) is 12.6. The highest BCUT2D eigenvalue weighted by Crippen LogP contribution is 2.27. The number of thioether (sulfide) groups is 1. The van der Waals surface area contributed by atoms with Crippen LogP contribution in [-0.4, -0.2) is 30.0 Å². The lowest BCUT2D eigenvalue weighted by Gasteiger charge is -2.25. The van der Waals surface area contributed by atoms with Crippen molar-refractivity contribution in [2.45, 2.75) is 43.3 Å². The molecule has 5 heteroatoms. The van der Waals surface area contributed by atoms with Gasteiger partial charge in [-0.1, -0.05) is 18.2 Å². The molecule has 0 aliphatic heterocycles. The van der Waals surface area contributed by atoms with Crippen LogP contribution in [0, 0.1) is 0 Å². The Labute approximate surface area is 158 Å². The largest absolute Gasteiger partial charge is 0.489 e. The molecule has 2 aromatic rings. The number of rotatable bonds is 8. The Bertz CT molecular complexity index is 742. The number of fused-ring (bicyclic) bond motifs is 1. The fourth-order valence-electron chi connectivity index (χ4n) is 3.13. The van der Waals surface area contributed by atoms with E-state index in [1.54, 1.807) is 11.8 Å². The minimum Gasteiger partial charge on any atom is -0.489 e. The highest BCUT2D eigenvalue weighted by Gasteiger charge is 2.19. The fourth-order valence-corrected chi connectivity index (χ4v) is 3.54. The van der Waals surface area contributed by atoms with Crippen molar-refractivity contribution in [2.24, 2.45) is 0 Å². The number of hydrogen-bond acceptors (Lipinski definition) is 4. The molecule has 0 radical (unpaired) electrons. The molecule has 1 unspecified atom stereocenters. The number of benzene rings is 2. The number of aryl methyl sites for hydroxylation is 1. The third-order valence-electron chi connectivity index (χ3n) is 4.60. The number of carbonyl (C=O) groups is 1. The van der Waals surface area contributed by atoms with Gasteiger partial charge >= 0.3 is 5.97 Å². The van der Waals surface area contributed by atoms with Gasteiger partial charge in [-0.2, -0.15) is 0 Å². The molecule has 0 amide bonds. The minimum absolute atomic E-state index is 0.0635. The number of carboxylic acids is 1. The average molecular weight is 372 g/mol. The maximum atomic E-state index is 10.6. The highest BCUT2D eigenvalue weighted by atomic mass is 32.2. The van der Waals surface area contributed by atoms with Crippen LogP contribution in [0.2, 0.25) is 0 Å². The molecule has 2 aromatic carbocycles. The zero-order valence-electron chi connectivity index (χ0n) is 14.9. The van der Waals surface area contributed by atoms with Gasteiger partial charge in [-0.05, 0) is 66.5 Å². The molecule has 0 spiro atoms. The highest BCUT2D eigenvalue weighted by molar-refractivity contribution is 7.98. The summed E-state index contributed by atoms with van der Waals surface area (Å²) in [5.74, 6) is 0.0778. The summed E-state index contributed by atoms with van der Waals surface area (Å²) in [5.41, 5.74) is 3.74. The standard InChI is InChI=1S/C21H24O4S/c1-26-20-8-2-15(3-9-20)14-25-19-7-5-16-12-18(6-4-17(16)13-19)24-11-10-21(22)23/h2-3,5,7-9,13,18H,4,6,10-12,14H2,1H3,(H,22,23). The summed E-state index contributed by atoms with van der Waals surface area (Å²) in [6, 6.07) is 14.7. The van der Waals surface area contributed by atoms with Crippen LogP contribution in [0.5, 0.6) is 5.75 Å². The zero-order valence-corrected chi connectivity index (χ0v) is 15.8. The lowest BCUT2D eigenvalue weighted by atomic mass is 9.89. The molecular formula is C21H24O4S. The van der Waals surface area contributed by atoms with Crippen molar-refractivity contribution in [3.8, 4) is 5.75 Å². The quantitative estimate of drug-likeness (QED) is 0.699. The van der Waals surface area contributed by atoms with E-state index in [1.807, 2.05) is 6.07 Å². The molecule has 138 valence electrons. The fraction of sp³-hybridized carbons (Fsp3) is 0.381. The van der Waals surface area contributed by atoms with E-state index in [0.29, 0.717) is 6.61 Å². The number of ether oxygens (including phenoxy) is 2. The van der Waals surface area contributed by atoms with Gasteiger partial charge in [-0.15, -0.1) is 11.8 Å². The van der Waals surface area contributed by atoms with E-state index >= 15 is 0 Å². The Balaban J connectivity index is 1.53. The van der Waals surface area contributed by atoms with E-state index < -0.39 is 5.97 Å². The van der Waals surface area contributed by atoms with Gasteiger partial charge in [-0.25, -0.2) is 0 Å². The average Bonchev–Trinajstić information content (AvgIpc) is 2.66. The van der Waals surface area contributed by atoms with Crippen LogP contribution in [0.25, 0.3) is 0 Å². The van der Waals surface area contributed by atoms with E-state index in [-0.39, 0.29) is 19.1 Å². The third kappa shape index (κ3) is 5.26. The smallest absolute Gasteiger partial charge is 0.305 e. The summed E-state index contributed by atoms with van der Waals surface area (Å²) >= 11 is 1.73. The van der Waals surface area contributed by atoms with E-state index in [1.165, 1.54) is 16.0 Å². The summed E-state index contributed by atoms with van der Waals surface area (Å²) in [5, 5.41) is 8.70. The van der Waals surface area contributed by atoms with Gasteiger partial charge in [0.15, 0.2) is 0 Å². The second kappa shape index (κ2) is 9.10. The molecule has 1 atom stereocenters. The Morgan fingerprint density at radius 1 is 1.19 bits per heavy atom. The molecule has 1 N–H and O–H groups in total. The number of hydrogen-bond donors (Lipinski definition) is 1. The zero-order chi connectivity index (χ0) is 18.4. The topological polar surface area (TPSA) is 55.8 Å².